The molecule has 1 aromatic rings. The van der Waals surface area contributed by atoms with Crippen LogP contribution in [0, 0.1) is 11.8 Å². The van der Waals surface area contributed by atoms with E-state index in [1.807, 2.05) is 30.3 Å². The highest BCUT2D eigenvalue weighted by Gasteiger charge is 2.49. The van der Waals surface area contributed by atoms with Gasteiger partial charge in [0.05, 0.1) is 24.4 Å². The van der Waals surface area contributed by atoms with Gasteiger partial charge in [0, 0.05) is 5.92 Å². The number of carbonyl (C=O) groups excluding carboxylic acids is 1. The molecule has 1 aliphatic carbocycles. The van der Waals surface area contributed by atoms with Gasteiger partial charge >= 0.3 is 6.09 Å². The lowest BCUT2D eigenvalue weighted by molar-refractivity contribution is -0.316. The molecule has 2 fully saturated rings. The summed E-state index contributed by atoms with van der Waals surface area (Å²) in [5.41, 5.74) is 0.814. The number of aliphatic hydroxyl groups is 5. The second-order valence-corrected chi connectivity index (χ2v) is 9.16. The Balaban J connectivity index is 1.70. The summed E-state index contributed by atoms with van der Waals surface area (Å²) in [6, 6.07) is 8.45. The van der Waals surface area contributed by atoms with Crippen LogP contribution < -0.4 is 5.32 Å². The van der Waals surface area contributed by atoms with E-state index in [2.05, 4.69) is 5.32 Å². The molecule has 3 rings (SSSR count). The van der Waals surface area contributed by atoms with Crippen molar-refractivity contribution < 1.29 is 44.5 Å². The Labute approximate surface area is 193 Å². The molecule has 11 atom stereocenters. The Morgan fingerprint density at radius 1 is 1.09 bits per heavy atom. The average Bonchev–Trinajstić information content (AvgIpc) is 2.79. The van der Waals surface area contributed by atoms with Crippen LogP contribution in [-0.2, 0) is 20.8 Å². The van der Waals surface area contributed by atoms with E-state index in [4.69, 9.17) is 14.2 Å². The lowest BCUT2D eigenvalue weighted by atomic mass is 9.80. The van der Waals surface area contributed by atoms with Crippen molar-refractivity contribution in [1.29, 1.82) is 0 Å². The quantitative estimate of drug-likeness (QED) is 0.334. The number of alkyl carbamates (subject to hydrolysis) is 1. The van der Waals surface area contributed by atoms with Crippen molar-refractivity contribution in [2.45, 2.75) is 88.9 Å². The highest BCUT2D eigenvalue weighted by atomic mass is 16.7. The van der Waals surface area contributed by atoms with E-state index in [1.54, 1.807) is 13.8 Å². The molecule has 1 saturated heterocycles. The second kappa shape index (κ2) is 11.1. The van der Waals surface area contributed by atoms with Gasteiger partial charge in [0.1, 0.15) is 31.0 Å². The summed E-state index contributed by atoms with van der Waals surface area (Å²) in [6.07, 6.45) is -9.78. The summed E-state index contributed by atoms with van der Waals surface area (Å²) in [5, 5.41) is 54.3. The number of rotatable bonds is 6. The molecule has 5 unspecified atom stereocenters. The van der Waals surface area contributed by atoms with Gasteiger partial charge in [-0.15, -0.1) is 0 Å². The fourth-order valence-electron chi connectivity index (χ4n) is 4.41. The van der Waals surface area contributed by atoms with Crippen molar-refractivity contribution in [2.75, 3.05) is 0 Å². The van der Waals surface area contributed by atoms with Crippen molar-refractivity contribution in [3.63, 3.8) is 0 Å². The van der Waals surface area contributed by atoms with Gasteiger partial charge in [0.2, 0.25) is 0 Å². The molecule has 0 spiro atoms. The predicted octanol–water partition coefficient (Wildman–Crippen LogP) is -0.108. The van der Waals surface area contributed by atoms with Crippen LogP contribution in [0.4, 0.5) is 4.79 Å². The maximum atomic E-state index is 12.4. The molecule has 1 aromatic carbocycles. The molecule has 6 N–H and O–H groups in total. The Hall–Kier alpha value is -1.79. The summed E-state index contributed by atoms with van der Waals surface area (Å²) >= 11 is 0. The number of benzene rings is 1. The maximum Gasteiger partial charge on any atom is 0.407 e. The number of hydrogen-bond donors (Lipinski definition) is 6. The smallest absolute Gasteiger partial charge is 0.407 e. The van der Waals surface area contributed by atoms with Gasteiger partial charge in [0.15, 0.2) is 6.29 Å². The zero-order valence-corrected chi connectivity index (χ0v) is 19.0. The van der Waals surface area contributed by atoms with Crippen LogP contribution in [0.15, 0.2) is 30.3 Å². The van der Waals surface area contributed by atoms with Crippen molar-refractivity contribution >= 4 is 6.09 Å². The van der Waals surface area contributed by atoms with Gasteiger partial charge in [-0.05, 0) is 24.8 Å². The topological polar surface area (TPSA) is 158 Å². The van der Waals surface area contributed by atoms with Crippen molar-refractivity contribution in [3.05, 3.63) is 35.9 Å². The van der Waals surface area contributed by atoms with Crippen LogP contribution in [0.3, 0.4) is 0 Å². The minimum Gasteiger partial charge on any atom is -0.445 e. The zero-order chi connectivity index (χ0) is 24.3. The normalized spacial score (nSPS) is 40.1. The summed E-state index contributed by atoms with van der Waals surface area (Å²) in [7, 11) is 0. The summed E-state index contributed by atoms with van der Waals surface area (Å²) < 4.78 is 16.9. The van der Waals surface area contributed by atoms with E-state index in [9.17, 15) is 30.3 Å². The van der Waals surface area contributed by atoms with Crippen molar-refractivity contribution in [2.24, 2.45) is 11.8 Å². The molecule has 0 radical (unpaired) electrons. The zero-order valence-electron chi connectivity index (χ0n) is 19.0. The minimum absolute atomic E-state index is 0.0641. The predicted molar refractivity (Wildman–Crippen MR) is 116 cm³/mol. The number of nitrogens with one attached hydrogen (secondary N) is 1. The third-order valence-electron chi connectivity index (χ3n) is 6.52. The first-order chi connectivity index (χ1) is 15.6. The van der Waals surface area contributed by atoms with Gasteiger partial charge in [0.25, 0.3) is 0 Å². The largest absolute Gasteiger partial charge is 0.445 e. The van der Waals surface area contributed by atoms with E-state index in [1.165, 1.54) is 6.92 Å². The van der Waals surface area contributed by atoms with E-state index >= 15 is 0 Å². The SMILES string of the molecule is CC(O)C1O[C@H](O[C@@H]2C(NC(=O)OCc3ccccc3)C[C@@H](C)[C@@H](O)C2O)[C@@H](C)C(O)[C@@H]1O. The Morgan fingerprint density at radius 3 is 2.39 bits per heavy atom. The van der Waals surface area contributed by atoms with Crippen molar-refractivity contribution in [1.82, 2.24) is 5.32 Å². The number of aliphatic hydroxyl groups excluding tert-OH is 5. The molecular formula is C23H35NO9. The molecule has 186 valence electrons. The van der Waals surface area contributed by atoms with Gasteiger partial charge < -0.3 is 45.1 Å². The Bertz CT molecular complexity index is 764. The van der Waals surface area contributed by atoms with Crippen LogP contribution in [0.1, 0.15) is 32.8 Å². The van der Waals surface area contributed by atoms with Gasteiger partial charge in [-0.3, -0.25) is 0 Å². The molecule has 1 amide bonds. The Kier molecular flexibility index (Phi) is 8.68. The Morgan fingerprint density at radius 2 is 1.76 bits per heavy atom. The highest BCUT2D eigenvalue weighted by Crippen LogP contribution is 2.33. The highest BCUT2D eigenvalue weighted by molar-refractivity contribution is 5.67. The first-order valence-corrected chi connectivity index (χ1v) is 11.3. The molecule has 33 heavy (non-hydrogen) atoms. The molecule has 1 saturated carbocycles. The van der Waals surface area contributed by atoms with Crippen LogP contribution in [0.5, 0.6) is 0 Å². The second-order valence-electron chi connectivity index (χ2n) is 9.16. The number of ether oxygens (including phenoxy) is 3. The van der Waals surface area contributed by atoms with Crippen LogP contribution in [0.2, 0.25) is 0 Å². The average molecular weight is 470 g/mol. The van der Waals surface area contributed by atoms with Gasteiger partial charge in [-0.2, -0.15) is 0 Å². The third kappa shape index (κ3) is 6.02. The minimum atomic E-state index is -1.35. The van der Waals surface area contributed by atoms with Crippen LogP contribution in [-0.4, -0.2) is 86.7 Å². The summed E-state index contributed by atoms with van der Waals surface area (Å²) in [5.74, 6) is -1.04. The molecule has 2 aliphatic rings. The maximum absolute atomic E-state index is 12.4. The molecular weight excluding hydrogens is 434 g/mol. The number of hydrogen-bond acceptors (Lipinski definition) is 9. The molecule has 0 bridgehead atoms. The van der Waals surface area contributed by atoms with Crippen LogP contribution in [0.25, 0.3) is 0 Å². The number of amides is 1. The third-order valence-corrected chi connectivity index (χ3v) is 6.52. The molecule has 10 heteroatoms. The molecule has 1 heterocycles. The molecule has 1 aliphatic heterocycles. The fourth-order valence-corrected chi connectivity index (χ4v) is 4.41. The van der Waals surface area contributed by atoms with E-state index in [0.717, 1.165) is 5.56 Å². The van der Waals surface area contributed by atoms with E-state index in [0.29, 0.717) is 6.42 Å². The molecule has 0 aromatic heterocycles. The lowest BCUT2D eigenvalue weighted by Gasteiger charge is -2.47. The first kappa shape index (κ1) is 25.8. The standard InChI is InChI=1S/C23H35NO9/c1-11-9-15(24-23(30)31-10-14-7-5-4-6-8-14)21(18(28)16(11)26)33-22-12(2)17(27)19(29)20(32-22)13(3)25/h4-8,11-13,15-22,25-29H,9-10H2,1-3H3,(H,24,30)/t11-,12+,13?,15?,16-,17?,18?,19+,20?,21-,22-/m1/s1. The summed E-state index contributed by atoms with van der Waals surface area (Å²) in [4.78, 5) is 12.4. The molecule has 10 nitrogen and oxygen atoms in total. The monoisotopic (exact) mass is 469 g/mol. The summed E-state index contributed by atoms with van der Waals surface area (Å²) in [6.45, 7) is 4.83. The lowest BCUT2D eigenvalue weighted by Crippen LogP contribution is -2.63. The first-order valence-electron chi connectivity index (χ1n) is 11.3. The van der Waals surface area contributed by atoms with Crippen molar-refractivity contribution in [3.8, 4) is 0 Å². The number of carbonyl (C=O) groups is 1. The van der Waals surface area contributed by atoms with Crippen LogP contribution >= 0.6 is 0 Å². The van der Waals surface area contributed by atoms with Gasteiger partial charge in [-0.25, -0.2) is 4.79 Å². The van der Waals surface area contributed by atoms with E-state index in [-0.39, 0.29) is 12.5 Å². The fraction of sp³-hybridized carbons (Fsp3) is 0.696. The van der Waals surface area contributed by atoms with E-state index < -0.39 is 67.1 Å². The van der Waals surface area contributed by atoms with Gasteiger partial charge in [-0.1, -0.05) is 44.2 Å².